The van der Waals surface area contributed by atoms with E-state index in [4.69, 9.17) is 10.5 Å². The van der Waals surface area contributed by atoms with Crippen molar-refractivity contribution in [2.45, 2.75) is 32.8 Å². The lowest BCUT2D eigenvalue weighted by Gasteiger charge is -2.16. The molecule has 20 heavy (non-hydrogen) atoms. The number of rotatable bonds is 6. The first-order chi connectivity index (χ1) is 9.60. The molecular formula is C14H23N3O2S. The van der Waals surface area contributed by atoms with Gasteiger partial charge in [0.2, 0.25) is 0 Å². The van der Waals surface area contributed by atoms with Crippen LogP contribution in [0.25, 0.3) is 0 Å². The minimum Gasteiger partial charge on any atom is -0.376 e. The van der Waals surface area contributed by atoms with Gasteiger partial charge in [0.05, 0.1) is 11.1 Å². The average molecular weight is 297 g/mol. The summed E-state index contributed by atoms with van der Waals surface area (Å²) in [7, 11) is 0. The molecule has 1 aromatic rings. The van der Waals surface area contributed by atoms with E-state index in [0.29, 0.717) is 24.7 Å². The molecule has 0 saturated carbocycles. The quantitative estimate of drug-likeness (QED) is 0.864. The van der Waals surface area contributed by atoms with Crippen LogP contribution in [0, 0.1) is 5.92 Å². The third-order valence-electron chi connectivity index (χ3n) is 3.23. The summed E-state index contributed by atoms with van der Waals surface area (Å²) >= 11 is 1.51. The Morgan fingerprint density at radius 3 is 3.15 bits per heavy atom. The summed E-state index contributed by atoms with van der Waals surface area (Å²) in [4.78, 5) is 18.5. The van der Waals surface area contributed by atoms with Gasteiger partial charge < -0.3 is 15.4 Å². The predicted octanol–water partition coefficient (Wildman–Crippen LogP) is 1.53. The molecular weight excluding hydrogens is 274 g/mol. The number of amides is 1. The predicted molar refractivity (Wildman–Crippen MR) is 80.0 cm³/mol. The molecule has 0 spiro atoms. The number of ether oxygens (including phenoxy) is 1. The minimum absolute atomic E-state index is 0.0140. The fourth-order valence-electron chi connectivity index (χ4n) is 2.19. The van der Waals surface area contributed by atoms with Crippen LogP contribution in [0.1, 0.15) is 35.8 Å². The molecule has 2 N–H and O–H groups in total. The fourth-order valence-corrected chi connectivity index (χ4v) is 2.97. The fraction of sp³-hybridized carbons (Fsp3) is 0.714. The number of nitrogens with two attached hydrogens (primary N) is 1. The third kappa shape index (κ3) is 4.01. The SMILES string of the molecule is CC(C)COC1CCN(C(=O)c2csc(CCN)n2)C1. The molecule has 5 nitrogen and oxygen atoms in total. The molecule has 1 atom stereocenters. The molecule has 6 heteroatoms. The molecule has 1 fully saturated rings. The Morgan fingerprint density at radius 1 is 1.65 bits per heavy atom. The number of nitrogens with zero attached hydrogens (tertiary/aromatic N) is 2. The Kier molecular flexibility index (Phi) is 5.51. The normalized spacial score (nSPS) is 19.0. The van der Waals surface area contributed by atoms with Gasteiger partial charge in [-0.15, -0.1) is 11.3 Å². The van der Waals surface area contributed by atoms with Crippen LogP contribution in [0.4, 0.5) is 0 Å². The molecule has 112 valence electrons. The van der Waals surface area contributed by atoms with Crippen LogP contribution in [0.2, 0.25) is 0 Å². The van der Waals surface area contributed by atoms with Crippen molar-refractivity contribution in [3.8, 4) is 0 Å². The number of hydrogen-bond donors (Lipinski definition) is 1. The molecule has 0 bridgehead atoms. The maximum Gasteiger partial charge on any atom is 0.273 e. The van der Waals surface area contributed by atoms with Gasteiger partial charge in [-0.25, -0.2) is 4.98 Å². The second-order valence-electron chi connectivity index (χ2n) is 5.55. The molecule has 1 unspecified atom stereocenters. The number of likely N-dealkylation sites (tertiary alicyclic amines) is 1. The van der Waals surface area contributed by atoms with Gasteiger partial charge in [0.1, 0.15) is 5.69 Å². The summed E-state index contributed by atoms with van der Waals surface area (Å²) in [5.41, 5.74) is 6.04. The van der Waals surface area contributed by atoms with Crippen molar-refractivity contribution in [2.24, 2.45) is 11.7 Å². The van der Waals surface area contributed by atoms with Gasteiger partial charge in [0, 0.05) is 31.5 Å². The van der Waals surface area contributed by atoms with Crippen LogP contribution in [-0.4, -0.2) is 48.1 Å². The second kappa shape index (κ2) is 7.15. The van der Waals surface area contributed by atoms with Crippen molar-refractivity contribution in [1.29, 1.82) is 0 Å². The molecule has 0 aliphatic carbocycles. The van der Waals surface area contributed by atoms with Gasteiger partial charge in [-0.1, -0.05) is 13.8 Å². The molecule has 1 amide bonds. The van der Waals surface area contributed by atoms with E-state index in [9.17, 15) is 4.79 Å². The Balaban J connectivity index is 1.87. The van der Waals surface area contributed by atoms with Gasteiger partial charge in [-0.2, -0.15) is 0 Å². The van der Waals surface area contributed by atoms with Gasteiger partial charge in [0.25, 0.3) is 5.91 Å². The largest absolute Gasteiger partial charge is 0.376 e. The Labute approximate surface area is 124 Å². The lowest BCUT2D eigenvalue weighted by molar-refractivity contribution is 0.0395. The number of carbonyl (C=O) groups excluding carboxylic acids is 1. The Morgan fingerprint density at radius 2 is 2.45 bits per heavy atom. The second-order valence-corrected chi connectivity index (χ2v) is 6.50. The number of carbonyl (C=O) groups is 1. The van der Waals surface area contributed by atoms with Crippen LogP contribution < -0.4 is 5.73 Å². The van der Waals surface area contributed by atoms with Crippen LogP contribution in [-0.2, 0) is 11.2 Å². The van der Waals surface area contributed by atoms with Crippen molar-refractivity contribution in [2.75, 3.05) is 26.2 Å². The highest BCUT2D eigenvalue weighted by Crippen LogP contribution is 2.18. The lowest BCUT2D eigenvalue weighted by atomic mass is 10.2. The first-order valence-electron chi connectivity index (χ1n) is 7.15. The monoisotopic (exact) mass is 297 g/mol. The van der Waals surface area contributed by atoms with Crippen molar-refractivity contribution in [3.63, 3.8) is 0 Å². The van der Waals surface area contributed by atoms with E-state index in [0.717, 1.165) is 31.0 Å². The van der Waals surface area contributed by atoms with E-state index in [1.807, 2.05) is 10.3 Å². The molecule has 1 aromatic heterocycles. The summed E-state index contributed by atoms with van der Waals surface area (Å²) in [5.74, 6) is 0.539. The van der Waals surface area contributed by atoms with Crippen LogP contribution in [0.5, 0.6) is 0 Å². The van der Waals surface area contributed by atoms with Gasteiger partial charge in [-0.3, -0.25) is 4.79 Å². The Bertz CT molecular complexity index is 447. The van der Waals surface area contributed by atoms with Crippen molar-refractivity contribution < 1.29 is 9.53 Å². The van der Waals surface area contributed by atoms with Crippen LogP contribution >= 0.6 is 11.3 Å². The van der Waals surface area contributed by atoms with Crippen molar-refractivity contribution >= 4 is 17.2 Å². The highest BCUT2D eigenvalue weighted by Gasteiger charge is 2.28. The summed E-state index contributed by atoms with van der Waals surface area (Å²) in [6.07, 6.45) is 1.82. The van der Waals surface area contributed by atoms with Gasteiger partial charge in [0.15, 0.2) is 0 Å². The van der Waals surface area contributed by atoms with E-state index < -0.39 is 0 Å². The zero-order chi connectivity index (χ0) is 14.5. The molecule has 1 aliphatic heterocycles. The maximum absolute atomic E-state index is 12.3. The summed E-state index contributed by atoms with van der Waals surface area (Å²) in [6.45, 7) is 7.01. The van der Waals surface area contributed by atoms with Crippen molar-refractivity contribution in [3.05, 3.63) is 16.1 Å². The third-order valence-corrected chi connectivity index (χ3v) is 4.14. The summed E-state index contributed by atoms with van der Waals surface area (Å²) in [5, 5.41) is 2.76. The van der Waals surface area contributed by atoms with E-state index in [2.05, 4.69) is 18.8 Å². The molecule has 2 rings (SSSR count). The van der Waals surface area contributed by atoms with E-state index in [1.54, 1.807) is 0 Å². The molecule has 1 saturated heterocycles. The average Bonchev–Trinajstić information content (AvgIpc) is 3.05. The van der Waals surface area contributed by atoms with E-state index >= 15 is 0 Å². The van der Waals surface area contributed by atoms with E-state index in [1.165, 1.54) is 11.3 Å². The van der Waals surface area contributed by atoms with Gasteiger partial charge >= 0.3 is 0 Å². The van der Waals surface area contributed by atoms with Gasteiger partial charge in [-0.05, 0) is 18.9 Å². The van der Waals surface area contributed by atoms with Crippen LogP contribution in [0.3, 0.4) is 0 Å². The molecule has 1 aliphatic rings. The van der Waals surface area contributed by atoms with Crippen LogP contribution in [0.15, 0.2) is 5.38 Å². The highest BCUT2D eigenvalue weighted by atomic mass is 32.1. The summed E-state index contributed by atoms with van der Waals surface area (Å²) < 4.78 is 5.80. The smallest absolute Gasteiger partial charge is 0.273 e. The Hall–Kier alpha value is -0.980. The minimum atomic E-state index is 0.0140. The zero-order valence-electron chi connectivity index (χ0n) is 12.2. The topological polar surface area (TPSA) is 68.5 Å². The summed E-state index contributed by atoms with van der Waals surface area (Å²) in [6, 6.07) is 0. The highest BCUT2D eigenvalue weighted by molar-refractivity contribution is 7.09. The maximum atomic E-state index is 12.3. The molecule has 0 aromatic carbocycles. The number of hydrogen-bond acceptors (Lipinski definition) is 5. The lowest BCUT2D eigenvalue weighted by Crippen LogP contribution is -2.30. The number of thiazole rings is 1. The first kappa shape index (κ1) is 15.4. The molecule has 0 radical (unpaired) electrons. The standard InChI is InChI=1S/C14H23N3O2S/c1-10(2)8-19-11-4-6-17(7-11)14(18)12-9-20-13(16-12)3-5-15/h9-11H,3-8,15H2,1-2H3. The molecule has 2 heterocycles. The number of aromatic nitrogens is 1. The van der Waals surface area contributed by atoms with Crippen molar-refractivity contribution in [1.82, 2.24) is 9.88 Å². The first-order valence-corrected chi connectivity index (χ1v) is 8.03. The van der Waals surface area contributed by atoms with E-state index in [-0.39, 0.29) is 12.0 Å². The zero-order valence-corrected chi connectivity index (χ0v) is 13.0.